The lowest BCUT2D eigenvalue weighted by Crippen LogP contribution is -2.28. The van der Waals surface area contributed by atoms with Crippen LogP contribution in [0.25, 0.3) is 0 Å². The maximum Gasteiger partial charge on any atom is 0.229 e. The molecule has 0 spiro atoms. The molecule has 1 amide bonds. The molecule has 0 aliphatic rings. The highest BCUT2D eigenvalue weighted by atomic mass is 35.5. The number of amides is 1. The lowest BCUT2D eigenvalue weighted by Gasteiger charge is -2.22. The van der Waals surface area contributed by atoms with E-state index < -0.39 is 11.5 Å². The molecule has 0 saturated heterocycles. The first-order valence-corrected chi connectivity index (χ1v) is 10.2. The first kappa shape index (κ1) is 21.9. The highest BCUT2D eigenvalue weighted by Crippen LogP contribution is 2.33. The molecule has 3 aromatic carbocycles. The van der Waals surface area contributed by atoms with Gasteiger partial charge in [0.2, 0.25) is 5.91 Å². The molecule has 0 aliphatic carbocycles. The first-order valence-electron chi connectivity index (χ1n) is 9.80. The van der Waals surface area contributed by atoms with Gasteiger partial charge in [-0.2, -0.15) is 0 Å². The van der Waals surface area contributed by atoms with Crippen LogP contribution in [0.4, 0.5) is 5.69 Å². The highest BCUT2D eigenvalue weighted by molar-refractivity contribution is 6.30. The molecule has 0 heterocycles. The number of aliphatic hydroxyl groups is 1. The average molecular weight is 424 g/mol. The summed E-state index contributed by atoms with van der Waals surface area (Å²) < 4.78 is 5.88. The number of benzene rings is 3. The van der Waals surface area contributed by atoms with E-state index in [1.165, 1.54) is 0 Å². The monoisotopic (exact) mass is 423 g/mol. The maximum absolute atomic E-state index is 12.5. The third-order valence-electron chi connectivity index (χ3n) is 4.66. The molecule has 0 radical (unpaired) electrons. The lowest BCUT2D eigenvalue weighted by atomic mass is 9.94. The molecule has 1 atom stereocenters. The Labute approximate surface area is 182 Å². The zero-order chi connectivity index (χ0) is 21.7. The molecular formula is C25H26ClNO3. The van der Waals surface area contributed by atoms with Crippen LogP contribution in [0.5, 0.6) is 5.75 Å². The molecule has 3 rings (SSSR count). The largest absolute Gasteiger partial charge is 0.489 e. The van der Waals surface area contributed by atoms with Crippen molar-refractivity contribution in [3.63, 3.8) is 0 Å². The van der Waals surface area contributed by atoms with Crippen LogP contribution in [-0.4, -0.2) is 11.0 Å². The van der Waals surface area contributed by atoms with Crippen LogP contribution in [0.1, 0.15) is 43.6 Å². The molecule has 0 aliphatic heterocycles. The number of halogens is 1. The molecule has 0 saturated carbocycles. The zero-order valence-corrected chi connectivity index (χ0v) is 18.1. The standard InChI is InChI=1S/C25H26ClNO3/c1-25(2,3)24(29)27-22-13-12-19(26)15-21(22)23(28)18-10-7-11-20(14-18)30-16-17-8-5-4-6-9-17/h4-15,23,28H,16H2,1-3H3,(H,27,29). The number of rotatable bonds is 6. The molecule has 30 heavy (non-hydrogen) atoms. The lowest BCUT2D eigenvalue weighted by molar-refractivity contribution is -0.123. The van der Waals surface area contributed by atoms with Crippen molar-refractivity contribution in [3.8, 4) is 5.75 Å². The summed E-state index contributed by atoms with van der Waals surface area (Å²) in [5.41, 5.74) is 2.20. The van der Waals surface area contributed by atoms with Crippen molar-refractivity contribution >= 4 is 23.2 Å². The van der Waals surface area contributed by atoms with Gasteiger partial charge in [-0.3, -0.25) is 4.79 Å². The van der Waals surface area contributed by atoms with Gasteiger partial charge in [0.25, 0.3) is 0 Å². The van der Waals surface area contributed by atoms with E-state index in [0.29, 0.717) is 34.2 Å². The Hall–Kier alpha value is -2.82. The van der Waals surface area contributed by atoms with Gasteiger partial charge in [0, 0.05) is 21.7 Å². The van der Waals surface area contributed by atoms with E-state index in [9.17, 15) is 9.90 Å². The van der Waals surface area contributed by atoms with Crippen LogP contribution in [-0.2, 0) is 11.4 Å². The minimum absolute atomic E-state index is 0.141. The van der Waals surface area contributed by atoms with Crippen molar-refractivity contribution in [1.82, 2.24) is 0 Å². The highest BCUT2D eigenvalue weighted by Gasteiger charge is 2.24. The predicted octanol–water partition coefficient (Wildman–Crippen LogP) is 5.99. The predicted molar refractivity (Wildman–Crippen MR) is 121 cm³/mol. The maximum atomic E-state index is 12.5. The normalized spacial score (nSPS) is 12.3. The van der Waals surface area contributed by atoms with Crippen LogP contribution < -0.4 is 10.1 Å². The quantitative estimate of drug-likeness (QED) is 0.512. The van der Waals surface area contributed by atoms with Crippen molar-refractivity contribution in [2.45, 2.75) is 33.5 Å². The zero-order valence-electron chi connectivity index (χ0n) is 17.4. The van der Waals surface area contributed by atoms with Gasteiger partial charge in [-0.15, -0.1) is 0 Å². The third kappa shape index (κ3) is 5.62. The Balaban J connectivity index is 1.83. The topological polar surface area (TPSA) is 58.6 Å². The first-order chi connectivity index (χ1) is 14.2. The van der Waals surface area contributed by atoms with Crippen molar-refractivity contribution in [2.24, 2.45) is 5.41 Å². The third-order valence-corrected chi connectivity index (χ3v) is 4.89. The molecule has 3 aromatic rings. The molecule has 0 bridgehead atoms. The van der Waals surface area contributed by atoms with Gasteiger partial charge < -0.3 is 15.2 Å². The van der Waals surface area contributed by atoms with E-state index in [-0.39, 0.29) is 5.91 Å². The molecule has 4 nitrogen and oxygen atoms in total. The minimum atomic E-state index is -0.973. The molecule has 2 N–H and O–H groups in total. The van der Waals surface area contributed by atoms with Gasteiger partial charge in [-0.25, -0.2) is 0 Å². The second-order valence-electron chi connectivity index (χ2n) is 8.18. The van der Waals surface area contributed by atoms with Crippen LogP contribution in [0, 0.1) is 5.41 Å². The van der Waals surface area contributed by atoms with Crippen LogP contribution in [0.3, 0.4) is 0 Å². The summed E-state index contributed by atoms with van der Waals surface area (Å²) in [7, 11) is 0. The summed E-state index contributed by atoms with van der Waals surface area (Å²) in [5, 5.41) is 14.4. The summed E-state index contributed by atoms with van der Waals surface area (Å²) in [4.78, 5) is 12.5. The number of ether oxygens (including phenoxy) is 1. The fourth-order valence-electron chi connectivity index (χ4n) is 2.88. The molecular weight excluding hydrogens is 398 g/mol. The minimum Gasteiger partial charge on any atom is -0.489 e. The Morgan fingerprint density at radius 1 is 1.03 bits per heavy atom. The second kappa shape index (κ2) is 9.33. The number of aliphatic hydroxyl groups excluding tert-OH is 1. The van der Waals surface area contributed by atoms with E-state index in [4.69, 9.17) is 16.3 Å². The Kier molecular flexibility index (Phi) is 6.80. The van der Waals surface area contributed by atoms with Crippen molar-refractivity contribution in [1.29, 1.82) is 0 Å². The van der Waals surface area contributed by atoms with Gasteiger partial charge in [0.05, 0.1) is 0 Å². The fraction of sp³-hybridized carbons (Fsp3) is 0.240. The smallest absolute Gasteiger partial charge is 0.229 e. The number of carbonyl (C=O) groups is 1. The number of carbonyl (C=O) groups excluding carboxylic acids is 1. The Bertz CT molecular complexity index is 1010. The number of anilines is 1. The van der Waals surface area contributed by atoms with Crippen molar-refractivity contribution < 1.29 is 14.6 Å². The van der Waals surface area contributed by atoms with E-state index >= 15 is 0 Å². The van der Waals surface area contributed by atoms with Crippen LogP contribution >= 0.6 is 11.6 Å². The van der Waals surface area contributed by atoms with Crippen LogP contribution in [0.15, 0.2) is 72.8 Å². The SMILES string of the molecule is CC(C)(C)C(=O)Nc1ccc(Cl)cc1C(O)c1cccc(OCc2ccccc2)c1. The van der Waals surface area contributed by atoms with E-state index in [1.807, 2.05) is 69.3 Å². The van der Waals surface area contributed by atoms with E-state index in [0.717, 1.165) is 5.56 Å². The van der Waals surface area contributed by atoms with Gasteiger partial charge in [-0.05, 0) is 41.5 Å². The van der Waals surface area contributed by atoms with Gasteiger partial charge in [-0.1, -0.05) is 74.8 Å². The molecule has 5 heteroatoms. The summed E-state index contributed by atoms with van der Waals surface area (Å²) in [6, 6.07) is 22.2. The summed E-state index contributed by atoms with van der Waals surface area (Å²) in [5.74, 6) is 0.510. The van der Waals surface area contributed by atoms with Gasteiger partial charge in [0.15, 0.2) is 0 Å². The van der Waals surface area contributed by atoms with E-state index in [2.05, 4.69) is 5.32 Å². The Morgan fingerprint density at radius 3 is 2.47 bits per heavy atom. The molecule has 1 unspecified atom stereocenters. The average Bonchev–Trinajstić information content (AvgIpc) is 2.73. The van der Waals surface area contributed by atoms with E-state index in [1.54, 1.807) is 24.3 Å². The van der Waals surface area contributed by atoms with Crippen LogP contribution in [0.2, 0.25) is 5.02 Å². The van der Waals surface area contributed by atoms with Gasteiger partial charge >= 0.3 is 0 Å². The summed E-state index contributed by atoms with van der Waals surface area (Å²) in [6.45, 7) is 5.94. The second-order valence-corrected chi connectivity index (χ2v) is 8.62. The summed E-state index contributed by atoms with van der Waals surface area (Å²) in [6.07, 6.45) is -0.973. The number of hydrogen-bond acceptors (Lipinski definition) is 3. The fourth-order valence-corrected chi connectivity index (χ4v) is 3.06. The Morgan fingerprint density at radius 2 is 1.77 bits per heavy atom. The van der Waals surface area contributed by atoms with Crippen molar-refractivity contribution in [2.75, 3.05) is 5.32 Å². The van der Waals surface area contributed by atoms with Crippen molar-refractivity contribution in [3.05, 3.63) is 94.5 Å². The molecule has 0 fully saturated rings. The molecule has 0 aromatic heterocycles. The number of nitrogens with one attached hydrogen (secondary N) is 1. The molecule has 156 valence electrons. The number of hydrogen-bond donors (Lipinski definition) is 2. The van der Waals surface area contributed by atoms with Gasteiger partial charge in [0.1, 0.15) is 18.5 Å². The summed E-state index contributed by atoms with van der Waals surface area (Å²) >= 11 is 6.18.